The molecule has 1 aliphatic rings. The fourth-order valence-corrected chi connectivity index (χ4v) is 7.23. The van der Waals surface area contributed by atoms with Crippen LogP contribution in [0.15, 0.2) is 46.2 Å². The van der Waals surface area contributed by atoms with Gasteiger partial charge >= 0.3 is 29.6 Å². The van der Waals surface area contributed by atoms with Crippen LogP contribution in [0.1, 0.15) is 52.4 Å². The molecular formula is C26H35ClNNaO4S3. The van der Waals surface area contributed by atoms with Crippen molar-refractivity contribution in [1.82, 2.24) is 0 Å². The van der Waals surface area contributed by atoms with Gasteiger partial charge in [0.2, 0.25) is 5.91 Å². The van der Waals surface area contributed by atoms with E-state index in [-0.39, 0.29) is 46.1 Å². The van der Waals surface area contributed by atoms with Gasteiger partial charge in [0.05, 0.1) is 33.8 Å². The predicted octanol–water partition coefficient (Wildman–Crippen LogP) is 4.06. The number of unbranched alkanes of at least 4 members (excludes halogenated alkanes) is 2. The number of methoxy groups -OCH3 is 1. The summed E-state index contributed by atoms with van der Waals surface area (Å²) in [6, 6.07) is 10.3. The predicted molar refractivity (Wildman–Crippen MR) is 150 cm³/mol. The maximum Gasteiger partial charge on any atom is 1.00 e. The minimum absolute atomic E-state index is 0. The van der Waals surface area contributed by atoms with E-state index in [1.165, 1.54) is 18.9 Å². The number of fused-ring (bicyclic) bond motifs is 1. The van der Waals surface area contributed by atoms with Crippen LogP contribution in [0.2, 0.25) is 5.02 Å². The quantitative estimate of drug-likeness (QED) is 0.254. The molecule has 0 atom stereocenters. The molecule has 10 heteroatoms. The molecule has 0 bridgehead atoms. The van der Waals surface area contributed by atoms with E-state index in [4.69, 9.17) is 16.3 Å². The summed E-state index contributed by atoms with van der Waals surface area (Å²) in [6.07, 6.45) is 7.90. The van der Waals surface area contributed by atoms with Crippen molar-refractivity contribution in [3.8, 4) is 5.75 Å². The fraction of sp³-hybridized carbons (Fsp3) is 0.500. The number of hydrogen-bond acceptors (Lipinski definition) is 6. The van der Waals surface area contributed by atoms with Crippen molar-refractivity contribution in [2.24, 2.45) is 5.41 Å². The largest absolute Gasteiger partial charge is 1.00 e. The summed E-state index contributed by atoms with van der Waals surface area (Å²) in [7, 11) is -2.24. The number of anilines is 2. The second-order valence-electron chi connectivity index (χ2n) is 8.54. The van der Waals surface area contributed by atoms with Crippen molar-refractivity contribution >= 4 is 63.1 Å². The van der Waals surface area contributed by atoms with Gasteiger partial charge in [0.1, 0.15) is 5.75 Å². The van der Waals surface area contributed by atoms with Gasteiger partial charge in [-0.25, -0.2) is 8.42 Å². The van der Waals surface area contributed by atoms with Crippen LogP contribution >= 0.6 is 23.4 Å². The van der Waals surface area contributed by atoms with Crippen molar-refractivity contribution in [3.05, 3.63) is 41.4 Å². The molecule has 0 saturated carbocycles. The van der Waals surface area contributed by atoms with Crippen molar-refractivity contribution in [2.45, 2.75) is 62.2 Å². The molecule has 0 N–H and O–H groups in total. The molecular weight excluding hydrogens is 545 g/mol. The zero-order valence-corrected chi connectivity index (χ0v) is 27.3. The van der Waals surface area contributed by atoms with Crippen LogP contribution in [0.3, 0.4) is 0 Å². The van der Waals surface area contributed by atoms with Gasteiger partial charge in [-0.15, -0.1) is 11.8 Å². The van der Waals surface area contributed by atoms with Gasteiger partial charge in [0.15, 0.2) is 9.84 Å². The van der Waals surface area contributed by atoms with Crippen LogP contribution in [-0.2, 0) is 27.3 Å². The Bertz CT molecular complexity index is 1100. The van der Waals surface area contributed by atoms with E-state index >= 15 is 0 Å². The molecule has 194 valence electrons. The molecule has 0 aromatic heterocycles. The monoisotopic (exact) mass is 579 g/mol. The third-order valence-electron chi connectivity index (χ3n) is 6.27. The second-order valence-corrected chi connectivity index (χ2v) is 11.8. The van der Waals surface area contributed by atoms with Crippen LogP contribution in [-0.4, -0.2) is 39.7 Å². The summed E-state index contributed by atoms with van der Waals surface area (Å²) in [5.74, 6) is 0.131. The van der Waals surface area contributed by atoms with Gasteiger partial charge in [-0.2, -0.15) is 6.26 Å². The van der Waals surface area contributed by atoms with Crippen molar-refractivity contribution < 1.29 is 47.5 Å². The van der Waals surface area contributed by atoms with E-state index in [1.54, 1.807) is 47.6 Å². The molecule has 5 nitrogen and oxygen atoms in total. The smallest absolute Gasteiger partial charge is 0.796 e. The van der Waals surface area contributed by atoms with Gasteiger partial charge in [-0.3, -0.25) is 9.69 Å². The topological polar surface area (TPSA) is 63.7 Å². The first-order valence-corrected chi connectivity index (χ1v) is 15.8. The Morgan fingerprint density at radius 2 is 1.64 bits per heavy atom. The Hall–Kier alpha value is -0.350. The Balaban J connectivity index is 0.00000211. The van der Waals surface area contributed by atoms with Crippen molar-refractivity contribution in [2.75, 3.05) is 30.3 Å². The SMILES string of the molecule is CCCCC1(CCCC)CS(=O)(=O)c2cc(OC)c(SC)cc2N(c2ccc(Cl)cc2)C1=O.C[S-].[Na+]. The Kier molecular flexibility index (Phi) is 14.3. The van der Waals surface area contributed by atoms with Crippen LogP contribution < -0.4 is 39.2 Å². The van der Waals surface area contributed by atoms with E-state index in [0.717, 1.165) is 30.6 Å². The van der Waals surface area contributed by atoms with Crippen LogP contribution in [0.25, 0.3) is 0 Å². The minimum atomic E-state index is -3.76. The average Bonchev–Trinajstić information content (AvgIpc) is 2.93. The minimum Gasteiger partial charge on any atom is -0.796 e. The number of hydrogen-bond donors (Lipinski definition) is 0. The third-order valence-corrected chi connectivity index (χ3v) is 9.21. The van der Waals surface area contributed by atoms with Crippen molar-refractivity contribution in [3.63, 3.8) is 0 Å². The normalized spacial score (nSPS) is 15.6. The molecule has 0 unspecified atom stereocenters. The molecule has 1 heterocycles. The summed E-state index contributed by atoms with van der Waals surface area (Å²) < 4.78 is 33.1. The third kappa shape index (κ3) is 7.39. The number of carbonyl (C=O) groups excluding carboxylic acids is 1. The number of rotatable bonds is 9. The number of amides is 1. The summed E-state index contributed by atoms with van der Waals surface area (Å²) in [5.41, 5.74) is -0.00400. The molecule has 0 fully saturated rings. The summed E-state index contributed by atoms with van der Waals surface area (Å²) >= 11 is 11.7. The van der Waals surface area contributed by atoms with E-state index in [9.17, 15) is 13.2 Å². The summed E-state index contributed by atoms with van der Waals surface area (Å²) in [6.45, 7) is 4.12. The van der Waals surface area contributed by atoms with Gasteiger partial charge in [0.25, 0.3) is 0 Å². The van der Waals surface area contributed by atoms with Gasteiger partial charge < -0.3 is 17.4 Å². The molecule has 2 aromatic rings. The van der Waals surface area contributed by atoms with Crippen LogP contribution in [0, 0.1) is 5.41 Å². The van der Waals surface area contributed by atoms with E-state index in [2.05, 4.69) is 26.5 Å². The number of ether oxygens (including phenoxy) is 1. The van der Waals surface area contributed by atoms with E-state index < -0.39 is 15.3 Å². The van der Waals surface area contributed by atoms with Crippen LogP contribution in [0.5, 0.6) is 5.75 Å². The first-order valence-electron chi connectivity index (χ1n) is 11.7. The van der Waals surface area contributed by atoms with Crippen molar-refractivity contribution in [1.29, 1.82) is 0 Å². The summed E-state index contributed by atoms with van der Waals surface area (Å²) in [5, 5.41) is 0.552. The van der Waals surface area contributed by atoms with Gasteiger partial charge in [-0.1, -0.05) is 51.1 Å². The van der Waals surface area contributed by atoms with Gasteiger partial charge in [0, 0.05) is 16.8 Å². The number of thioether (sulfide) groups is 1. The number of sulfone groups is 1. The Morgan fingerprint density at radius 3 is 2.11 bits per heavy atom. The van der Waals surface area contributed by atoms with E-state index in [1.807, 2.05) is 6.26 Å². The Labute approximate surface area is 253 Å². The molecule has 0 aliphatic carbocycles. The zero-order valence-electron chi connectivity index (χ0n) is 22.1. The number of halogens is 1. The molecule has 0 spiro atoms. The molecule has 0 radical (unpaired) electrons. The van der Waals surface area contributed by atoms with Gasteiger partial charge in [-0.05, 0) is 49.4 Å². The Morgan fingerprint density at radius 1 is 1.08 bits per heavy atom. The molecule has 3 rings (SSSR count). The average molecular weight is 580 g/mol. The fourth-order valence-electron chi connectivity index (χ4n) is 4.48. The number of nitrogens with zero attached hydrogens (tertiary/aromatic N) is 1. The number of carbonyl (C=O) groups is 1. The first-order chi connectivity index (χ1) is 16.7. The first kappa shape index (κ1) is 33.7. The second kappa shape index (κ2) is 15.3. The van der Waals surface area contributed by atoms with Crippen LogP contribution in [0.4, 0.5) is 11.4 Å². The number of benzene rings is 2. The van der Waals surface area contributed by atoms with E-state index in [0.29, 0.717) is 35.0 Å². The standard InChI is InChI=1S/C25H32ClNO4S2.CH4S.Na/c1-5-7-13-25(14-8-6-2)17-33(29,30)23-16-21(31-3)22(32-4)15-20(23)27(24(25)28)19-11-9-18(26)10-12-19;1-2;/h9-12,15-16H,5-8,13-14,17H2,1-4H3;2H,1H3;/q;;+1/p-1. The molecule has 2 aromatic carbocycles. The molecule has 1 aliphatic heterocycles. The molecule has 0 saturated heterocycles. The summed E-state index contributed by atoms with van der Waals surface area (Å²) in [4.78, 5) is 16.9. The zero-order chi connectivity index (χ0) is 26.2. The maximum absolute atomic E-state index is 14.4. The maximum atomic E-state index is 14.4. The molecule has 36 heavy (non-hydrogen) atoms. The molecule has 1 amide bonds.